The molecule has 2 fully saturated rings. The fourth-order valence-corrected chi connectivity index (χ4v) is 5.69. The summed E-state index contributed by atoms with van der Waals surface area (Å²) in [5.74, 6) is 0.0647. The number of benzene rings is 1. The molecule has 1 saturated carbocycles. The van der Waals surface area contributed by atoms with Gasteiger partial charge in [0.15, 0.2) is 0 Å². The number of nitrogens with zero attached hydrogens (tertiary/aromatic N) is 2. The number of hydrogen-bond donors (Lipinski definition) is 0. The van der Waals surface area contributed by atoms with Crippen LogP contribution in [0.2, 0.25) is 5.02 Å². The highest BCUT2D eigenvalue weighted by Crippen LogP contribution is 2.52. The lowest BCUT2D eigenvalue weighted by Gasteiger charge is -2.39. The third kappa shape index (κ3) is 3.82. The van der Waals surface area contributed by atoms with Crippen molar-refractivity contribution < 1.29 is 4.79 Å². The van der Waals surface area contributed by atoms with Gasteiger partial charge >= 0.3 is 0 Å². The van der Waals surface area contributed by atoms with Crippen molar-refractivity contribution in [1.29, 1.82) is 0 Å². The molecule has 1 aromatic heterocycles. The lowest BCUT2D eigenvalue weighted by molar-refractivity contribution is 0.0702. The SMILES string of the molecule is C.Cc1cc(Cl)ccc1-c1cccc(C(=O)N2C[C@]3(C)C[C@H]2CC(C)(C)C3)n1. The van der Waals surface area contributed by atoms with Crippen LogP contribution in [0.3, 0.4) is 0 Å². The zero-order chi connectivity index (χ0) is 19.4. The van der Waals surface area contributed by atoms with Gasteiger partial charge in [-0.2, -0.15) is 0 Å². The van der Waals surface area contributed by atoms with Gasteiger partial charge in [0.05, 0.1) is 5.69 Å². The van der Waals surface area contributed by atoms with Crippen molar-refractivity contribution in [3.8, 4) is 11.3 Å². The maximum absolute atomic E-state index is 13.3. The second-order valence-corrected chi connectivity index (χ2v) is 9.95. The number of hydrogen-bond acceptors (Lipinski definition) is 2. The summed E-state index contributed by atoms with van der Waals surface area (Å²) in [5, 5.41) is 0.712. The summed E-state index contributed by atoms with van der Waals surface area (Å²) in [6.07, 6.45) is 3.36. The van der Waals surface area contributed by atoms with Crippen molar-refractivity contribution in [3.63, 3.8) is 0 Å². The molecule has 2 heterocycles. The number of carbonyl (C=O) groups excluding carboxylic acids is 1. The molecule has 1 aliphatic heterocycles. The molecule has 3 nitrogen and oxygen atoms in total. The zero-order valence-electron chi connectivity index (χ0n) is 16.6. The highest BCUT2D eigenvalue weighted by Gasteiger charge is 2.51. The van der Waals surface area contributed by atoms with Crippen LogP contribution in [0, 0.1) is 17.8 Å². The van der Waals surface area contributed by atoms with E-state index in [0.29, 0.717) is 22.2 Å². The Hall–Kier alpha value is -1.87. The van der Waals surface area contributed by atoms with Gasteiger partial charge in [-0.15, -0.1) is 0 Å². The van der Waals surface area contributed by atoms with E-state index in [4.69, 9.17) is 16.6 Å². The first kappa shape index (κ1) is 20.9. The minimum absolute atomic E-state index is 0. The first-order valence-electron chi connectivity index (χ1n) is 9.70. The third-order valence-corrected chi connectivity index (χ3v) is 6.34. The molecule has 1 aliphatic carbocycles. The van der Waals surface area contributed by atoms with E-state index in [1.165, 1.54) is 6.42 Å². The fourth-order valence-electron chi connectivity index (χ4n) is 5.46. The predicted molar refractivity (Wildman–Crippen MR) is 117 cm³/mol. The zero-order valence-corrected chi connectivity index (χ0v) is 17.3. The number of pyridine rings is 1. The van der Waals surface area contributed by atoms with E-state index in [1.807, 2.05) is 43.3 Å². The first-order valence-corrected chi connectivity index (χ1v) is 10.1. The van der Waals surface area contributed by atoms with Crippen molar-refractivity contribution in [2.75, 3.05) is 6.54 Å². The van der Waals surface area contributed by atoms with Gasteiger partial charge < -0.3 is 4.90 Å². The summed E-state index contributed by atoms with van der Waals surface area (Å²) in [6.45, 7) is 9.84. The van der Waals surface area contributed by atoms with Crippen molar-refractivity contribution in [2.24, 2.45) is 10.8 Å². The molecule has 2 aromatic rings. The summed E-state index contributed by atoms with van der Waals surface area (Å²) in [5.41, 5.74) is 3.96. The Morgan fingerprint density at radius 1 is 1.18 bits per heavy atom. The molecule has 1 aromatic carbocycles. The van der Waals surface area contributed by atoms with Crippen LogP contribution in [0.5, 0.6) is 0 Å². The minimum atomic E-state index is 0. The lowest BCUT2D eigenvalue weighted by atomic mass is 9.65. The fraction of sp³-hybridized carbons (Fsp3) is 0.500. The Morgan fingerprint density at radius 3 is 2.64 bits per heavy atom. The smallest absolute Gasteiger partial charge is 0.272 e. The molecule has 2 atom stereocenters. The van der Waals surface area contributed by atoms with Crippen molar-refractivity contribution >= 4 is 17.5 Å². The summed E-state index contributed by atoms with van der Waals surface area (Å²) in [7, 11) is 0. The molecule has 2 bridgehead atoms. The number of rotatable bonds is 2. The van der Waals surface area contributed by atoms with E-state index >= 15 is 0 Å². The first-order chi connectivity index (χ1) is 12.7. The molecule has 0 unspecified atom stereocenters. The van der Waals surface area contributed by atoms with Crippen molar-refractivity contribution in [2.45, 2.75) is 60.4 Å². The number of likely N-dealkylation sites (tertiary alicyclic amines) is 1. The van der Waals surface area contributed by atoms with Gasteiger partial charge in [0.2, 0.25) is 0 Å². The third-order valence-electron chi connectivity index (χ3n) is 6.11. The van der Waals surface area contributed by atoms with Crippen LogP contribution in [-0.4, -0.2) is 28.4 Å². The van der Waals surface area contributed by atoms with E-state index in [1.54, 1.807) is 0 Å². The van der Waals surface area contributed by atoms with Crippen LogP contribution in [0.25, 0.3) is 11.3 Å². The number of carbonyl (C=O) groups is 1. The predicted octanol–water partition coefficient (Wildman–Crippen LogP) is 6.39. The van der Waals surface area contributed by atoms with Gasteiger partial charge in [0, 0.05) is 23.2 Å². The minimum Gasteiger partial charge on any atom is -0.334 e. The van der Waals surface area contributed by atoms with E-state index in [0.717, 1.165) is 36.2 Å². The topological polar surface area (TPSA) is 33.2 Å². The standard InChI is InChI=1S/C23H27ClN2O.CH4/c1-15-10-16(24)8-9-18(15)19-6-5-7-20(25-19)21(27)26-14-23(4)12-17(26)11-22(2,3)13-23;/h5-10,17H,11-14H2,1-4H3;1H4/t17-,23-;/m1./s1. The van der Waals surface area contributed by atoms with Gasteiger partial charge in [-0.25, -0.2) is 4.98 Å². The van der Waals surface area contributed by atoms with Gasteiger partial charge in [-0.1, -0.05) is 51.9 Å². The largest absolute Gasteiger partial charge is 0.334 e. The van der Waals surface area contributed by atoms with Crippen LogP contribution in [0.1, 0.15) is 63.5 Å². The molecular weight excluding hydrogens is 368 g/mol. The van der Waals surface area contributed by atoms with Gasteiger partial charge in [-0.3, -0.25) is 4.79 Å². The van der Waals surface area contributed by atoms with Gasteiger partial charge in [-0.05, 0) is 66.8 Å². The van der Waals surface area contributed by atoms with Crippen molar-refractivity contribution in [3.05, 3.63) is 52.7 Å². The lowest BCUT2D eigenvalue weighted by Crippen LogP contribution is -2.38. The van der Waals surface area contributed by atoms with Crippen LogP contribution in [0.4, 0.5) is 0 Å². The Bertz CT molecular complexity index is 907. The normalized spacial score (nSPS) is 25.3. The molecule has 0 N–H and O–H groups in total. The molecule has 1 amide bonds. The number of aryl methyl sites for hydroxylation is 1. The molecular formula is C24H31ClN2O. The van der Waals surface area contributed by atoms with Crippen LogP contribution in [-0.2, 0) is 0 Å². The Morgan fingerprint density at radius 2 is 1.93 bits per heavy atom. The maximum atomic E-state index is 13.3. The van der Waals surface area contributed by atoms with E-state index < -0.39 is 0 Å². The molecule has 1 saturated heterocycles. The highest BCUT2D eigenvalue weighted by molar-refractivity contribution is 6.30. The van der Waals surface area contributed by atoms with E-state index in [2.05, 4.69) is 25.7 Å². The van der Waals surface area contributed by atoms with Crippen molar-refractivity contribution in [1.82, 2.24) is 9.88 Å². The number of halogens is 1. The number of fused-ring (bicyclic) bond motifs is 2. The van der Waals surface area contributed by atoms with Gasteiger partial charge in [0.25, 0.3) is 5.91 Å². The van der Waals surface area contributed by atoms with Crippen LogP contribution < -0.4 is 0 Å². The van der Waals surface area contributed by atoms with Gasteiger partial charge in [0.1, 0.15) is 5.69 Å². The number of aromatic nitrogens is 1. The molecule has 28 heavy (non-hydrogen) atoms. The summed E-state index contributed by atoms with van der Waals surface area (Å²) in [6, 6.07) is 11.8. The summed E-state index contributed by atoms with van der Waals surface area (Å²) in [4.78, 5) is 20.1. The second-order valence-electron chi connectivity index (χ2n) is 9.51. The molecule has 4 rings (SSSR count). The Kier molecular flexibility index (Phi) is 5.35. The highest BCUT2D eigenvalue weighted by atomic mass is 35.5. The Balaban J connectivity index is 0.00000225. The average molecular weight is 399 g/mol. The molecule has 4 heteroatoms. The number of amides is 1. The van der Waals surface area contributed by atoms with Crippen LogP contribution in [0.15, 0.2) is 36.4 Å². The monoisotopic (exact) mass is 398 g/mol. The Labute approximate surface area is 174 Å². The summed E-state index contributed by atoms with van der Waals surface area (Å²) >= 11 is 6.08. The van der Waals surface area contributed by atoms with Crippen LogP contribution >= 0.6 is 11.6 Å². The molecule has 2 aliphatic rings. The summed E-state index contributed by atoms with van der Waals surface area (Å²) < 4.78 is 0. The maximum Gasteiger partial charge on any atom is 0.272 e. The molecule has 150 valence electrons. The van der Waals surface area contributed by atoms with E-state index in [9.17, 15) is 4.79 Å². The molecule has 0 radical (unpaired) electrons. The van der Waals surface area contributed by atoms with E-state index in [-0.39, 0.29) is 18.7 Å². The quantitative estimate of drug-likeness (QED) is 0.587. The second kappa shape index (κ2) is 7.18. The average Bonchev–Trinajstić information content (AvgIpc) is 2.83. The molecule has 0 spiro atoms.